The Labute approximate surface area is 95.5 Å². The van der Waals surface area contributed by atoms with Crippen LogP contribution in [-0.4, -0.2) is 28.0 Å². The van der Waals surface area contributed by atoms with E-state index >= 15 is 0 Å². The first-order chi connectivity index (χ1) is 7.83. The molecule has 3 nitrogen and oxygen atoms in total. The zero-order chi connectivity index (χ0) is 11.0. The van der Waals surface area contributed by atoms with Crippen molar-refractivity contribution >= 4 is 11.0 Å². The van der Waals surface area contributed by atoms with Crippen LogP contribution in [0.5, 0.6) is 0 Å². The number of H-pyrrole nitrogens is 1. The Bertz CT molecular complexity index is 495. The SMILES string of the molecule is Cc1nc2c(CN3CCCC3)cccc2[nH]1. The molecule has 1 saturated heterocycles. The molecule has 0 spiro atoms. The molecule has 0 unspecified atom stereocenters. The Balaban J connectivity index is 1.95. The molecule has 3 heteroatoms. The van der Waals surface area contributed by atoms with E-state index in [2.05, 4.69) is 33.1 Å². The van der Waals surface area contributed by atoms with Crippen molar-refractivity contribution in [2.75, 3.05) is 13.1 Å². The van der Waals surface area contributed by atoms with E-state index in [0.717, 1.165) is 23.4 Å². The average molecular weight is 215 g/mol. The quantitative estimate of drug-likeness (QED) is 0.834. The third-order valence-corrected chi connectivity index (χ3v) is 3.31. The second-order valence-corrected chi connectivity index (χ2v) is 4.62. The normalized spacial score (nSPS) is 17.3. The van der Waals surface area contributed by atoms with Gasteiger partial charge in [0.25, 0.3) is 0 Å². The molecule has 0 atom stereocenters. The number of aryl methyl sites for hydroxylation is 1. The van der Waals surface area contributed by atoms with Gasteiger partial charge in [0.05, 0.1) is 11.0 Å². The van der Waals surface area contributed by atoms with Crippen molar-refractivity contribution < 1.29 is 0 Å². The molecule has 0 radical (unpaired) electrons. The Kier molecular flexibility index (Phi) is 2.40. The summed E-state index contributed by atoms with van der Waals surface area (Å²) in [5.41, 5.74) is 3.66. The number of aromatic nitrogens is 2. The van der Waals surface area contributed by atoms with Crippen LogP contribution in [0.1, 0.15) is 24.2 Å². The Morgan fingerprint density at radius 1 is 1.31 bits per heavy atom. The van der Waals surface area contributed by atoms with Crippen molar-refractivity contribution in [1.82, 2.24) is 14.9 Å². The summed E-state index contributed by atoms with van der Waals surface area (Å²) in [6.07, 6.45) is 2.69. The average Bonchev–Trinajstić information content (AvgIpc) is 2.86. The van der Waals surface area contributed by atoms with Crippen molar-refractivity contribution in [3.05, 3.63) is 29.6 Å². The zero-order valence-electron chi connectivity index (χ0n) is 9.66. The van der Waals surface area contributed by atoms with Crippen LogP contribution in [0.15, 0.2) is 18.2 Å². The number of para-hydroxylation sites is 1. The van der Waals surface area contributed by atoms with Crippen LogP contribution >= 0.6 is 0 Å². The van der Waals surface area contributed by atoms with Gasteiger partial charge in [-0.3, -0.25) is 4.90 Å². The molecule has 84 valence electrons. The summed E-state index contributed by atoms with van der Waals surface area (Å²) in [5, 5.41) is 0. The first-order valence-electron chi connectivity index (χ1n) is 5.99. The fraction of sp³-hybridized carbons (Fsp3) is 0.462. The van der Waals surface area contributed by atoms with Gasteiger partial charge in [-0.1, -0.05) is 12.1 Å². The van der Waals surface area contributed by atoms with Crippen molar-refractivity contribution in [3.8, 4) is 0 Å². The lowest BCUT2D eigenvalue weighted by Crippen LogP contribution is -2.18. The predicted octanol–water partition coefficient (Wildman–Crippen LogP) is 2.47. The second-order valence-electron chi connectivity index (χ2n) is 4.62. The summed E-state index contributed by atoms with van der Waals surface area (Å²) in [5.74, 6) is 1.00. The number of likely N-dealkylation sites (tertiary alicyclic amines) is 1. The maximum absolute atomic E-state index is 4.57. The molecule has 0 aliphatic carbocycles. The van der Waals surface area contributed by atoms with E-state index in [1.807, 2.05) is 6.92 Å². The number of rotatable bonds is 2. The summed E-state index contributed by atoms with van der Waals surface area (Å²) in [7, 11) is 0. The van der Waals surface area contributed by atoms with Gasteiger partial charge >= 0.3 is 0 Å². The van der Waals surface area contributed by atoms with Crippen LogP contribution in [0.4, 0.5) is 0 Å². The third kappa shape index (κ3) is 1.71. The minimum absolute atomic E-state index is 1.00. The highest BCUT2D eigenvalue weighted by Gasteiger charge is 2.14. The molecule has 1 fully saturated rings. The lowest BCUT2D eigenvalue weighted by atomic mass is 10.2. The van der Waals surface area contributed by atoms with Crippen molar-refractivity contribution in [2.45, 2.75) is 26.3 Å². The smallest absolute Gasteiger partial charge is 0.104 e. The lowest BCUT2D eigenvalue weighted by molar-refractivity contribution is 0.332. The predicted molar refractivity (Wildman–Crippen MR) is 65.3 cm³/mol. The molecule has 0 saturated carbocycles. The first-order valence-corrected chi connectivity index (χ1v) is 5.99. The summed E-state index contributed by atoms with van der Waals surface area (Å²) in [6, 6.07) is 6.41. The van der Waals surface area contributed by atoms with Crippen LogP contribution in [0.2, 0.25) is 0 Å². The number of nitrogens with zero attached hydrogens (tertiary/aromatic N) is 2. The van der Waals surface area contributed by atoms with Crippen molar-refractivity contribution in [3.63, 3.8) is 0 Å². The van der Waals surface area contributed by atoms with Crippen molar-refractivity contribution in [2.24, 2.45) is 0 Å². The van der Waals surface area contributed by atoms with Crippen LogP contribution in [-0.2, 0) is 6.54 Å². The Morgan fingerprint density at radius 3 is 2.94 bits per heavy atom. The Hall–Kier alpha value is -1.35. The molecule has 0 amide bonds. The first kappa shape index (κ1) is 9.85. The van der Waals surface area contributed by atoms with E-state index in [9.17, 15) is 0 Å². The summed E-state index contributed by atoms with van der Waals surface area (Å²) in [6.45, 7) is 5.53. The van der Waals surface area contributed by atoms with Gasteiger partial charge in [-0.15, -0.1) is 0 Å². The van der Waals surface area contributed by atoms with Gasteiger partial charge in [-0.2, -0.15) is 0 Å². The molecule has 1 aromatic heterocycles. The van der Waals surface area contributed by atoms with Crippen LogP contribution < -0.4 is 0 Å². The molecule has 1 aliphatic heterocycles. The van der Waals surface area contributed by atoms with E-state index in [4.69, 9.17) is 0 Å². The highest BCUT2D eigenvalue weighted by Crippen LogP contribution is 2.20. The molecule has 1 aromatic carbocycles. The number of aromatic amines is 1. The molecular weight excluding hydrogens is 198 g/mol. The van der Waals surface area contributed by atoms with E-state index in [0.29, 0.717) is 0 Å². The Morgan fingerprint density at radius 2 is 2.12 bits per heavy atom. The number of hydrogen-bond donors (Lipinski definition) is 1. The molecular formula is C13H17N3. The minimum atomic E-state index is 1.00. The molecule has 1 N–H and O–H groups in total. The maximum Gasteiger partial charge on any atom is 0.104 e. The molecule has 2 heterocycles. The van der Waals surface area contributed by atoms with Gasteiger partial charge in [0.1, 0.15) is 5.82 Å². The number of nitrogens with one attached hydrogen (secondary N) is 1. The van der Waals surface area contributed by atoms with Crippen LogP contribution in [0.3, 0.4) is 0 Å². The fourth-order valence-corrected chi connectivity index (χ4v) is 2.52. The van der Waals surface area contributed by atoms with Crippen molar-refractivity contribution in [1.29, 1.82) is 0 Å². The maximum atomic E-state index is 4.57. The summed E-state index contributed by atoms with van der Waals surface area (Å²) < 4.78 is 0. The molecule has 16 heavy (non-hydrogen) atoms. The lowest BCUT2D eigenvalue weighted by Gasteiger charge is -2.14. The van der Waals surface area contributed by atoms with Gasteiger partial charge in [0, 0.05) is 6.54 Å². The highest BCUT2D eigenvalue weighted by molar-refractivity contribution is 5.78. The van der Waals surface area contributed by atoms with E-state index in [1.165, 1.54) is 31.5 Å². The fourth-order valence-electron chi connectivity index (χ4n) is 2.52. The third-order valence-electron chi connectivity index (χ3n) is 3.31. The van der Waals surface area contributed by atoms with E-state index in [1.54, 1.807) is 0 Å². The largest absolute Gasteiger partial charge is 0.342 e. The van der Waals surface area contributed by atoms with Crippen LogP contribution in [0, 0.1) is 6.92 Å². The second kappa shape index (κ2) is 3.91. The molecule has 0 bridgehead atoms. The van der Waals surface area contributed by atoms with E-state index < -0.39 is 0 Å². The molecule has 3 rings (SSSR count). The number of imidazole rings is 1. The number of hydrogen-bond acceptors (Lipinski definition) is 2. The molecule has 1 aliphatic rings. The van der Waals surface area contributed by atoms with Gasteiger partial charge in [0.2, 0.25) is 0 Å². The summed E-state index contributed by atoms with van der Waals surface area (Å²) >= 11 is 0. The minimum Gasteiger partial charge on any atom is -0.342 e. The topological polar surface area (TPSA) is 31.9 Å². The standard InChI is InChI=1S/C13H17N3/c1-10-14-12-6-4-5-11(13(12)15-10)9-16-7-2-3-8-16/h4-6H,2-3,7-9H2,1H3,(H,14,15). The van der Waals surface area contributed by atoms with Gasteiger partial charge < -0.3 is 4.98 Å². The monoisotopic (exact) mass is 215 g/mol. The zero-order valence-corrected chi connectivity index (χ0v) is 9.66. The number of benzene rings is 1. The van der Waals surface area contributed by atoms with Gasteiger partial charge in [0.15, 0.2) is 0 Å². The molecule has 2 aromatic rings. The van der Waals surface area contributed by atoms with Gasteiger partial charge in [-0.25, -0.2) is 4.98 Å². The summed E-state index contributed by atoms with van der Waals surface area (Å²) in [4.78, 5) is 10.4. The van der Waals surface area contributed by atoms with Gasteiger partial charge in [-0.05, 0) is 44.5 Å². The van der Waals surface area contributed by atoms with Crippen LogP contribution in [0.25, 0.3) is 11.0 Å². The highest BCUT2D eigenvalue weighted by atomic mass is 15.1. The number of fused-ring (bicyclic) bond motifs is 1. The van der Waals surface area contributed by atoms with E-state index in [-0.39, 0.29) is 0 Å².